The van der Waals surface area contributed by atoms with E-state index in [1.165, 1.54) is 4.90 Å². The Morgan fingerprint density at radius 1 is 1.37 bits per heavy atom. The van der Waals surface area contributed by atoms with E-state index < -0.39 is 5.97 Å². The summed E-state index contributed by atoms with van der Waals surface area (Å²) in [7, 11) is 0. The van der Waals surface area contributed by atoms with Crippen LogP contribution in [0.15, 0.2) is 24.3 Å². The van der Waals surface area contributed by atoms with Crippen molar-refractivity contribution in [1.82, 2.24) is 4.90 Å². The van der Waals surface area contributed by atoms with Crippen LogP contribution >= 0.6 is 22.6 Å². The van der Waals surface area contributed by atoms with Gasteiger partial charge in [-0.2, -0.15) is 0 Å². The molecule has 0 heterocycles. The number of rotatable bonds is 6. The van der Waals surface area contributed by atoms with Gasteiger partial charge in [-0.05, 0) is 47.6 Å². The highest BCUT2D eigenvalue weighted by Gasteiger charge is 2.22. The van der Waals surface area contributed by atoms with E-state index in [0.29, 0.717) is 0 Å². The number of benzene rings is 1. The topological polar surface area (TPSA) is 57.6 Å². The summed E-state index contributed by atoms with van der Waals surface area (Å²) in [5, 5.41) is 8.90. The molecular formula is C14H18INO3. The van der Waals surface area contributed by atoms with Crippen LogP contribution in [-0.4, -0.2) is 34.5 Å². The van der Waals surface area contributed by atoms with Crippen LogP contribution in [0.25, 0.3) is 0 Å². The molecule has 1 amide bonds. The molecule has 19 heavy (non-hydrogen) atoms. The lowest BCUT2D eigenvalue weighted by Gasteiger charge is -2.27. The van der Waals surface area contributed by atoms with E-state index in [9.17, 15) is 9.59 Å². The zero-order chi connectivity index (χ0) is 14.4. The average Bonchev–Trinajstić information content (AvgIpc) is 2.37. The first-order valence-electron chi connectivity index (χ1n) is 6.20. The van der Waals surface area contributed by atoms with Crippen LogP contribution in [-0.2, 0) is 16.0 Å². The van der Waals surface area contributed by atoms with Crippen LogP contribution in [0.2, 0.25) is 0 Å². The third-order valence-corrected chi connectivity index (χ3v) is 4.10. The van der Waals surface area contributed by atoms with Crippen LogP contribution < -0.4 is 0 Å². The molecular weight excluding hydrogens is 357 g/mol. The molecule has 0 aliphatic carbocycles. The predicted molar refractivity (Wildman–Crippen MR) is 82.0 cm³/mol. The van der Waals surface area contributed by atoms with E-state index in [4.69, 9.17) is 5.11 Å². The molecule has 0 radical (unpaired) electrons. The minimum Gasteiger partial charge on any atom is -0.480 e. The first-order valence-corrected chi connectivity index (χ1v) is 7.28. The van der Waals surface area contributed by atoms with E-state index >= 15 is 0 Å². The lowest BCUT2D eigenvalue weighted by atomic mass is 10.1. The second-order valence-electron chi connectivity index (χ2n) is 4.44. The van der Waals surface area contributed by atoms with Crippen molar-refractivity contribution < 1.29 is 14.7 Å². The summed E-state index contributed by atoms with van der Waals surface area (Å²) in [4.78, 5) is 24.6. The van der Waals surface area contributed by atoms with Crippen LogP contribution in [0.4, 0.5) is 0 Å². The van der Waals surface area contributed by atoms with Gasteiger partial charge in [-0.3, -0.25) is 9.59 Å². The van der Waals surface area contributed by atoms with Crippen molar-refractivity contribution in [3.8, 4) is 0 Å². The smallest absolute Gasteiger partial charge is 0.323 e. The van der Waals surface area contributed by atoms with Crippen LogP contribution in [0.5, 0.6) is 0 Å². The summed E-state index contributed by atoms with van der Waals surface area (Å²) in [6, 6.07) is 7.57. The predicted octanol–water partition coefficient (Wildman–Crippen LogP) is 2.55. The zero-order valence-corrected chi connectivity index (χ0v) is 13.3. The van der Waals surface area contributed by atoms with Gasteiger partial charge >= 0.3 is 5.97 Å². The molecule has 5 heteroatoms. The Balaban J connectivity index is 2.82. The van der Waals surface area contributed by atoms with Crippen molar-refractivity contribution in [2.45, 2.75) is 32.7 Å². The highest BCUT2D eigenvalue weighted by atomic mass is 127. The van der Waals surface area contributed by atoms with Gasteiger partial charge in [0.1, 0.15) is 6.54 Å². The van der Waals surface area contributed by atoms with Crippen molar-refractivity contribution in [3.63, 3.8) is 0 Å². The molecule has 1 atom stereocenters. The summed E-state index contributed by atoms with van der Waals surface area (Å²) >= 11 is 2.18. The van der Waals surface area contributed by atoms with Gasteiger partial charge in [0.05, 0.1) is 6.42 Å². The Kier molecular flexibility index (Phi) is 6.27. The quantitative estimate of drug-likeness (QED) is 0.778. The van der Waals surface area contributed by atoms with Crippen molar-refractivity contribution in [2.75, 3.05) is 6.54 Å². The largest absolute Gasteiger partial charge is 0.480 e. The fraction of sp³-hybridized carbons (Fsp3) is 0.429. The Labute approximate surface area is 126 Å². The number of carbonyl (C=O) groups is 2. The summed E-state index contributed by atoms with van der Waals surface area (Å²) < 4.78 is 1.02. The van der Waals surface area contributed by atoms with Crippen molar-refractivity contribution in [1.29, 1.82) is 0 Å². The fourth-order valence-corrected chi connectivity index (χ4v) is 2.34. The lowest BCUT2D eigenvalue weighted by molar-refractivity contribution is -0.145. The second kappa shape index (κ2) is 7.47. The highest BCUT2D eigenvalue weighted by Crippen LogP contribution is 2.14. The molecule has 0 aliphatic rings. The third kappa shape index (κ3) is 4.81. The Morgan fingerprint density at radius 2 is 2.00 bits per heavy atom. The minimum atomic E-state index is -0.976. The Morgan fingerprint density at radius 3 is 2.53 bits per heavy atom. The summed E-state index contributed by atoms with van der Waals surface area (Å²) in [6.45, 7) is 3.58. The maximum Gasteiger partial charge on any atom is 0.323 e. The lowest BCUT2D eigenvalue weighted by Crippen LogP contribution is -2.42. The van der Waals surface area contributed by atoms with Gasteiger partial charge in [0.25, 0.3) is 0 Å². The maximum absolute atomic E-state index is 12.3. The first-order chi connectivity index (χ1) is 8.95. The van der Waals surface area contributed by atoms with E-state index in [2.05, 4.69) is 22.6 Å². The van der Waals surface area contributed by atoms with Crippen LogP contribution in [0.3, 0.4) is 0 Å². The van der Waals surface area contributed by atoms with Gasteiger partial charge in [-0.25, -0.2) is 0 Å². The van der Waals surface area contributed by atoms with E-state index in [1.807, 2.05) is 38.1 Å². The molecule has 4 nitrogen and oxygen atoms in total. The van der Waals surface area contributed by atoms with E-state index in [0.717, 1.165) is 15.6 Å². The molecule has 1 N–H and O–H groups in total. The SMILES string of the molecule is CCC(C)N(CC(=O)O)C(=O)Cc1ccccc1I. The maximum atomic E-state index is 12.3. The molecule has 1 aromatic carbocycles. The number of amides is 1. The molecule has 0 bridgehead atoms. The average molecular weight is 375 g/mol. The molecule has 0 saturated carbocycles. The number of carboxylic acids is 1. The number of carboxylic acid groups (broad SMARTS) is 1. The van der Waals surface area contributed by atoms with Gasteiger partial charge < -0.3 is 10.0 Å². The van der Waals surface area contributed by atoms with Gasteiger partial charge in [0.15, 0.2) is 0 Å². The molecule has 0 fully saturated rings. The Hall–Kier alpha value is -1.11. The highest BCUT2D eigenvalue weighted by molar-refractivity contribution is 14.1. The molecule has 0 spiro atoms. The Bertz CT molecular complexity index is 462. The van der Waals surface area contributed by atoms with Gasteiger partial charge in [0, 0.05) is 9.61 Å². The number of hydrogen-bond acceptors (Lipinski definition) is 2. The molecule has 0 aliphatic heterocycles. The summed E-state index contributed by atoms with van der Waals surface area (Å²) in [5.41, 5.74) is 0.937. The van der Waals surface area contributed by atoms with Gasteiger partial charge in [-0.1, -0.05) is 25.1 Å². The van der Waals surface area contributed by atoms with Crippen molar-refractivity contribution in [3.05, 3.63) is 33.4 Å². The van der Waals surface area contributed by atoms with Crippen LogP contribution in [0, 0.1) is 3.57 Å². The molecule has 0 aromatic heterocycles. The third-order valence-electron chi connectivity index (χ3n) is 3.05. The number of nitrogens with zero attached hydrogens (tertiary/aromatic N) is 1. The van der Waals surface area contributed by atoms with E-state index in [-0.39, 0.29) is 24.9 Å². The van der Waals surface area contributed by atoms with Crippen molar-refractivity contribution in [2.24, 2.45) is 0 Å². The van der Waals surface area contributed by atoms with Gasteiger partial charge in [-0.15, -0.1) is 0 Å². The molecule has 104 valence electrons. The first kappa shape index (κ1) is 15.9. The van der Waals surface area contributed by atoms with E-state index in [1.54, 1.807) is 0 Å². The second-order valence-corrected chi connectivity index (χ2v) is 5.60. The number of aliphatic carboxylic acids is 1. The van der Waals surface area contributed by atoms with Crippen molar-refractivity contribution >= 4 is 34.5 Å². The van der Waals surface area contributed by atoms with Gasteiger partial charge in [0.2, 0.25) is 5.91 Å². The molecule has 1 aromatic rings. The zero-order valence-electron chi connectivity index (χ0n) is 11.1. The summed E-state index contributed by atoms with van der Waals surface area (Å²) in [6.07, 6.45) is 0.988. The molecule has 1 unspecified atom stereocenters. The van der Waals surface area contributed by atoms with Crippen LogP contribution in [0.1, 0.15) is 25.8 Å². The number of hydrogen-bond donors (Lipinski definition) is 1. The fourth-order valence-electron chi connectivity index (χ4n) is 1.76. The normalized spacial score (nSPS) is 11.9. The monoisotopic (exact) mass is 375 g/mol. The molecule has 1 rings (SSSR count). The summed E-state index contributed by atoms with van der Waals surface area (Å²) in [5.74, 6) is -1.11. The minimum absolute atomic E-state index is 0.0648. The molecule has 0 saturated heterocycles. The standard InChI is InChI=1S/C14H18INO3/c1-3-10(2)16(9-14(18)19)13(17)8-11-6-4-5-7-12(11)15/h4-7,10H,3,8-9H2,1-2H3,(H,18,19). The number of carbonyl (C=O) groups excluding carboxylic acids is 1. The number of halogens is 1.